The summed E-state index contributed by atoms with van der Waals surface area (Å²) in [4.78, 5) is 28.4. The number of anilines is 1. The number of rotatable bonds is 6. The molecule has 1 saturated heterocycles. The zero-order chi connectivity index (χ0) is 19.9. The van der Waals surface area contributed by atoms with Crippen molar-refractivity contribution in [2.24, 2.45) is 0 Å². The van der Waals surface area contributed by atoms with Crippen LogP contribution in [0.15, 0.2) is 48.5 Å². The molecule has 0 bridgehead atoms. The normalized spacial score (nSPS) is 14.7. The quantitative estimate of drug-likeness (QED) is 0.728. The molecule has 5 nitrogen and oxygen atoms in total. The molecule has 1 fully saturated rings. The van der Waals surface area contributed by atoms with Gasteiger partial charge in [0.05, 0.1) is 0 Å². The third-order valence-electron chi connectivity index (χ3n) is 4.80. The third-order valence-corrected chi connectivity index (χ3v) is 5.30. The Morgan fingerprint density at radius 1 is 1.00 bits per heavy atom. The summed E-state index contributed by atoms with van der Waals surface area (Å²) in [5, 5.41) is 3.43. The largest absolute Gasteiger partial charge is 0.336 e. The van der Waals surface area contributed by atoms with E-state index in [1.165, 1.54) is 5.56 Å². The molecular formula is C21H23Cl2N3O2. The lowest BCUT2D eigenvalue weighted by Gasteiger charge is -2.34. The van der Waals surface area contributed by atoms with Crippen LogP contribution in [0.4, 0.5) is 5.69 Å². The molecule has 0 saturated carbocycles. The third kappa shape index (κ3) is 5.71. The Morgan fingerprint density at radius 3 is 2.39 bits per heavy atom. The van der Waals surface area contributed by atoms with Crippen LogP contribution in [-0.4, -0.2) is 60.2 Å². The van der Waals surface area contributed by atoms with Crippen LogP contribution in [0.2, 0.25) is 5.02 Å². The van der Waals surface area contributed by atoms with Gasteiger partial charge < -0.3 is 10.2 Å². The summed E-state index contributed by atoms with van der Waals surface area (Å²) in [6, 6.07) is 14.9. The molecule has 2 amide bonds. The number of alkyl halides is 1. The highest BCUT2D eigenvalue weighted by Gasteiger charge is 2.22. The smallest absolute Gasteiger partial charge is 0.254 e. The maximum atomic E-state index is 12.8. The van der Waals surface area contributed by atoms with Crippen molar-refractivity contribution in [2.45, 2.75) is 6.42 Å². The van der Waals surface area contributed by atoms with Crippen molar-refractivity contribution in [3.63, 3.8) is 0 Å². The Labute approximate surface area is 175 Å². The van der Waals surface area contributed by atoms with Gasteiger partial charge in [0, 0.05) is 49.0 Å². The zero-order valence-corrected chi connectivity index (χ0v) is 17.0. The van der Waals surface area contributed by atoms with Crippen molar-refractivity contribution in [3.8, 4) is 0 Å². The van der Waals surface area contributed by atoms with Gasteiger partial charge >= 0.3 is 0 Å². The molecule has 1 heterocycles. The van der Waals surface area contributed by atoms with E-state index in [-0.39, 0.29) is 17.7 Å². The number of halogens is 2. The summed E-state index contributed by atoms with van der Waals surface area (Å²) >= 11 is 11.4. The zero-order valence-electron chi connectivity index (χ0n) is 15.5. The second-order valence-electron chi connectivity index (χ2n) is 6.77. The monoisotopic (exact) mass is 419 g/mol. The van der Waals surface area contributed by atoms with E-state index in [4.69, 9.17) is 23.2 Å². The van der Waals surface area contributed by atoms with Gasteiger partial charge in [-0.2, -0.15) is 0 Å². The van der Waals surface area contributed by atoms with E-state index in [9.17, 15) is 9.59 Å². The molecule has 0 atom stereocenters. The number of hydrogen-bond acceptors (Lipinski definition) is 3. The van der Waals surface area contributed by atoms with Gasteiger partial charge in [0.15, 0.2) is 0 Å². The van der Waals surface area contributed by atoms with Gasteiger partial charge in [0.1, 0.15) is 5.88 Å². The Bertz CT molecular complexity index is 819. The predicted octanol–water partition coefficient (Wildman–Crippen LogP) is 3.52. The fourth-order valence-corrected chi connectivity index (χ4v) is 3.41. The van der Waals surface area contributed by atoms with E-state index in [2.05, 4.69) is 22.3 Å². The Hall–Kier alpha value is -2.08. The molecule has 0 unspecified atom stereocenters. The van der Waals surface area contributed by atoms with Crippen molar-refractivity contribution in [2.75, 3.05) is 43.9 Å². The molecule has 0 radical (unpaired) electrons. The molecule has 2 aromatic carbocycles. The number of nitrogens with one attached hydrogen (secondary N) is 1. The van der Waals surface area contributed by atoms with Crippen LogP contribution >= 0.6 is 23.2 Å². The van der Waals surface area contributed by atoms with Crippen LogP contribution in [0.5, 0.6) is 0 Å². The minimum atomic E-state index is -0.291. The van der Waals surface area contributed by atoms with Gasteiger partial charge in [-0.3, -0.25) is 14.5 Å². The van der Waals surface area contributed by atoms with Crippen LogP contribution in [0.25, 0.3) is 0 Å². The lowest BCUT2D eigenvalue weighted by Crippen LogP contribution is -2.49. The summed E-state index contributed by atoms with van der Waals surface area (Å²) in [7, 11) is 0. The first-order valence-electron chi connectivity index (χ1n) is 9.27. The highest BCUT2D eigenvalue weighted by Crippen LogP contribution is 2.15. The van der Waals surface area contributed by atoms with Crippen molar-refractivity contribution < 1.29 is 9.59 Å². The highest BCUT2D eigenvalue weighted by atomic mass is 35.5. The van der Waals surface area contributed by atoms with E-state index in [0.717, 1.165) is 31.1 Å². The number of nitrogens with zero attached hydrogens (tertiary/aromatic N) is 2. The summed E-state index contributed by atoms with van der Waals surface area (Å²) in [6.07, 6.45) is 0.966. The van der Waals surface area contributed by atoms with Crippen molar-refractivity contribution >= 4 is 40.7 Å². The molecule has 2 aromatic rings. The fourth-order valence-electron chi connectivity index (χ4n) is 3.22. The number of benzene rings is 2. The Kier molecular flexibility index (Phi) is 7.31. The van der Waals surface area contributed by atoms with E-state index < -0.39 is 0 Å². The van der Waals surface area contributed by atoms with Crippen LogP contribution < -0.4 is 5.32 Å². The predicted molar refractivity (Wildman–Crippen MR) is 113 cm³/mol. The summed E-state index contributed by atoms with van der Waals surface area (Å²) in [5.74, 6) is -0.421. The van der Waals surface area contributed by atoms with Crippen LogP contribution in [0.3, 0.4) is 0 Å². The molecule has 1 aliphatic heterocycles. The van der Waals surface area contributed by atoms with Gasteiger partial charge in [-0.25, -0.2) is 0 Å². The summed E-state index contributed by atoms with van der Waals surface area (Å²) in [6.45, 7) is 4.04. The van der Waals surface area contributed by atoms with E-state index >= 15 is 0 Å². The Balaban J connectivity index is 1.50. The molecule has 0 spiro atoms. The molecular weight excluding hydrogens is 397 g/mol. The van der Waals surface area contributed by atoms with Crippen LogP contribution in [-0.2, 0) is 11.2 Å². The van der Waals surface area contributed by atoms with E-state index in [1.54, 1.807) is 24.3 Å². The number of carbonyl (C=O) groups excluding carboxylic acids is 2. The van der Waals surface area contributed by atoms with Crippen LogP contribution in [0, 0.1) is 0 Å². The van der Waals surface area contributed by atoms with Crippen molar-refractivity contribution in [3.05, 3.63) is 64.7 Å². The van der Waals surface area contributed by atoms with Gasteiger partial charge in [0.25, 0.3) is 5.91 Å². The molecule has 0 aliphatic carbocycles. The molecule has 1 aliphatic rings. The lowest BCUT2D eigenvalue weighted by atomic mass is 10.1. The second-order valence-corrected chi connectivity index (χ2v) is 7.48. The maximum Gasteiger partial charge on any atom is 0.254 e. The topological polar surface area (TPSA) is 52.7 Å². The second kappa shape index (κ2) is 9.92. The SMILES string of the molecule is O=C(CCl)Nc1cccc(C(=O)N2CCN(CCc3ccc(Cl)cc3)CC2)c1. The van der Waals surface area contributed by atoms with Gasteiger partial charge in [-0.1, -0.05) is 29.8 Å². The minimum Gasteiger partial charge on any atom is -0.336 e. The average molecular weight is 420 g/mol. The lowest BCUT2D eigenvalue weighted by molar-refractivity contribution is -0.113. The molecule has 0 aromatic heterocycles. The van der Waals surface area contributed by atoms with Gasteiger partial charge in [-0.15, -0.1) is 11.6 Å². The average Bonchev–Trinajstić information content (AvgIpc) is 2.73. The minimum absolute atomic E-state index is 0.0145. The number of piperazine rings is 1. The number of amides is 2. The van der Waals surface area contributed by atoms with Crippen molar-refractivity contribution in [1.29, 1.82) is 0 Å². The van der Waals surface area contributed by atoms with Crippen LogP contribution in [0.1, 0.15) is 15.9 Å². The molecule has 1 N–H and O–H groups in total. The summed E-state index contributed by atoms with van der Waals surface area (Å²) < 4.78 is 0. The molecule has 28 heavy (non-hydrogen) atoms. The molecule has 7 heteroatoms. The number of hydrogen-bond donors (Lipinski definition) is 1. The maximum absolute atomic E-state index is 12.8. The standard InChI is InChI=1S/C21H23Cl2N3O2/c22-15-20(27)24-19-3-1-2-17(14-19)21(28)26-12-10-25(11-13-26)9-8-16-4-6-18(23)7-5-16/h1-7,14H,8-13,15H2,(H,24,27). The Morgan fingerprint density at radius 2 is 1.71 bits per heavy atom. The first kappa shape index (κ1) is 20.6. The first-order valence-corrected chi connectivity index (χ1v) is 10.2. The highest BCUT2D eigenvalue weighted by molar-refractivity contribution is 6.30. The van der Waals surface area contributed by atoms with Gasteiger partial charge in [0.2, 0.25) is 5.91 Å². The number of carbonyl (C=O) groups is 2. The molecule has 3 rings (SSSR count). The fraction of sp³-hybridized carbons (Fsp3) is 0.333. The summed E-state index contributed by atoms with van der Waals surface area (Å²) in [5.41, 5.74) is 2.42. The molecule has 148 valence electrons. The van der Waals surface area contributed by atoms with Crippen molar-refractivity contribution in [1.82, 2.24) is 9.80 Å². The van der Waals surface area contributed by atoms with E-state index in [1.807, 2.05) is 17.0 Å². The van der Waals surface area contributed by atoms with Gasteiger partial charge in [-0.05, 0) is 42.3 Å². The first-order chi connectivity index (χ1) is 13.5. The van der Waals surface area contributed by atoms with E-state index in [0.29, 0.717) is 24.3 Å².